The molecular weight excluding hydrogens is 350 g/mol. The topological polar surface area (TPSA) is 4.93 Å². The van der Waals surface area contributed by atoms with Gasteiger partial charge in [0, 0.05) is 10.8 Å². The molecule has 0 atom stereocenters. The van der Waals surface area contributed by atoms with Crippen molar-refractivity contribution in [1.82, 2.24) is 4.57 Å². The van der Waals surface area contributed by atoms with E-state index in [9.17, 15) is 0 Å². The predicted octanol–water partition coefficient (Wildman–Crippen LogP) is 7.57. The maximum Gasteiger partial charge on any atom is 0.0613 e. The Kier molecular flexibility index (Phi) is 2.80. The van der Waals surface area contributed by atoms with E-state index in [1.807, 2.05) is 0 Å². The molecule has 1 aliphatic rings. The third-order valence-corrected chi connectivity index (χ3v) is 6.26. The van der Waals surface area contributed by atoms with E-state index in [2.05, 4.69) is 108 Å². The number of nitrogens with zero attached hydrogens (tertiary/aromatic N) is 1. The van der Waals surface area contributed by atoms with Crippen molar-refractivity contribution in [3.63, 3.8) is 0 Å². The summed E-state index contributed by atoms with van der Waals surface area (Å²) in [6.45, 7) is 0. The van der Waals surface area contributed by atoms with E-state index in [-0.39, 0.29) is 0 Å². The first kappa shape index (κ1) is 15.1. The highest BCUT2D eigenvalue weighted by Crippen LogP contribution is 2.39. The Labute approximate surface area is 168 Å². The van der Waals surface area contributed by atoms with Crippen LogP contribution in [0.15, 0.2) is 91.0 Å². The summed E-state index contributed by atoms with van der Waals surface area (Å²) < 4.78 is 2.45. The molecule has 6 aromatic rings. The molecule has 0 saturated carbocycles. The molecule has 0 saturated heterocycles. The average molecular weight is 367 g/mol. The van der Waals surface area contributed by atoms with Crippen molar-refractivity contribution >= 4 is 55.5 Å². The smallest absolute Gasteiger partial charge is 0.0613 e. The third kappa shape index (κ3) is 1.99. The van der Waals surface area contributed by atoms with E-state index < -0.39 is 0 Å². The second-order valence-electron chi connectivity index (χ2n) is 7.89. The molecule has 0 unspecified atom stereocenters. The monoisotopic (exact) mass is 367 g/mol. The second kappa shape index (κ2) is 5.36. The summed E-state index contributed by atoms with van der Waals surface area (Å²) in [6, 6.07) is 33.3. The fourth-order valence-electron chi connectivity index (χ4n) is 4.93. The van der Waals surface area contributed by atoms with Gasteiger partial charge in [-0.3, -0.25) is 0 Å². The molecule has 0 spiro atoms. The van der Waals surface area contributed by atoms with Crippen molar-refractivity contribution < 1.29 is 0 Å². The molecule has 0 radical (unpaired) electrons. The van der Waals surface area contributed by atoms with Crippen LogP contribution in [0.25, 0.3) is 61.2 Å². The molecule has 0 fully saturated rings. The van der Waals surface area contributed by atoms with Gasteiger partial charge in [0.2, 0.25) is 0 Å². The number of para-hydroxylation sites is 2. The summed E-state index contributed by atoms with van der Waals surface area (Å²) in [4.78, 5) is 0. The summed E-state index contributed by atoms with van der Waals surface area (Å²) >= 11 is 0. The lowest BCUT2D eigenvalue weighted by atomic mass is 10.0. The van der Waals surface area contributed by atoms with Gasteiger partial charge < -0.3 is 4.57 Å². The minimum Gasteiger partial charge on any atom is -0.308 e. The summed E-state index contributed by atoms with van der Waals surface area (Å²) in [5, 5.41) is 7.78. The van der Waals surface area contributed by atoms with Crippen molar-refractivity contribution in [3.8, 4) is 5.69 Å². The number of rotatable bonds is 0. The molecule has 134 valence electrons. The lowest BCUT2D eigenvalue weighted by Crippen LogP contribution is -1.96. The fraction of sp³-hybridized carbons (Fsp3) is 0. The Hall–Kier alpha value is -3.84. The number of fused-ring (bicyclic) bond motifs is 7. The van der Waals surface area contributed by atoms with Crippen LogP contribution in [-0.2, 0) is 0 Å². The molecule has 29 heavy (non-hydrogen) atoms. The molecule has 0 N–H and O–H groups in total. The normalized spacial score (nSPS) is 12.7. The van der Waals surface area contributed by atoms with Crippen molar-refractivity contribution in [3.05, 3.63) is 102 Å². The summed E-state index contributed by atoms with van der Waals surface area (Å²) in [7, 11) is 0. The Morgan fingerprint density at radius 2 is 1.17 bits per heavy atom. The zero-order valence-electron chi connectivity index (χ0n) is 15.8. The Morgan fingerprint density at radius 3 is 2.03 bits per heavy atom. The minimum absolute atomic E-state index is 1.24. The van der Waals surface area contributed by atoms with Gasteiger partial charge in [-0.05, 0) is 63.0 Å². The molecule has 1 aliphatic heterocycles. The van der Waals surface area contributed by atoms with Crippen LogP contribution in [0, 0.1) is 0 Å². The second-order valence-corrected chi connectivity index (χ2v) is 7.89. The molecule has 0 aliphatic carbocycles. The highest BCUT2D eigenvalue weighted by Gasteiger charge is 2.18. The van der Waals surface area contributed by atoms with Gasteiger partial charge in [-0.1, -0.05) is 72.8 Å². The molecule has 5 aromatic carbocycles. The minimum atomic E-state index is 1.24. The van der Waals surface area contributed by atoms with Crippen molar-refractivity contribution in [2.24, 2.45) is 0 Å². The SMILES string of the molecule is C1=Cc2cccc3c4cc5cc6ccccc6cc5cc4n(c23)-c2ccccc21. The van der Waals surface area contributed by atoms with Crippen LogP contribution < -0.4 is 0 Å². The van der Waals surface area contributed by atoms with Gasteiger partial charge in [0.05, 0.1) is 16.7 Å². The van der Waals surface area contributed by atoms with Gasteiger partial charge >= 0.3 is 0 Å². The van der Waals surface area contributed by atoms with E-state index >= 15 is 0 Å². The van der Waals surface area contributed by atoms with Crippen LogP contribution in [0.1, 0.15) is 11.1 Å². The van der Waals surface area contributed by atoms with E-state index in [1.54, 1.807) is 0 Å². The molecular formula is C28H17N. The van der Waals surface area contributed by atoms with Gasteiger partial charge in [0.15, 0.2) is 0 Å². The number of hydrogen-bond donors (Lipinski definition) is 0. The first-order valence-electron chi connectivity index (χ1n) is 10.0. The van der Waals surface area contributed by atoms with E-state index in [0.29, 0.717) is 0 Å². The number of aromatic nitrogens is 1. The van der Waals surface area contributed by atoms with Gasteiger partial charge in [-0.2, -0.15) is 0 Å². The van der Waals surface area contributed by atoms with Gasteiger partial charge in [-0.15, -0.1) is 0 Å². The summed E-state index contributed by atoms with van der Waals surface area (Å²) in [5.41, 5.74) is 6.33. The van der Waals surface area contributed by atoms with Crippen LogP contribution in [0.5, 0.6) is 0 Å². The Bertz CT molecular complexity index is 1650. The molecule has 1 heteroatoms. The van der Waals surface area contributed by atoms with E-state index in [1.165, 1.54) is 60.2 Å². The first-order valence-corrected chi connectivity index (χ1v) is 10.0. The number of benzene rings is 5. The first-order chi connectivity index (χ1) is 14.4. The quantitative estimate of drug-likeness (QED) is 0.244. The van der Waals surface area contributed by atoms with Gasteiger partial charge in [0.1, 0.15) is 0 Å². The highest BCUT2D eigenvalue weighted by atomic mass is 15.0. The van der Waals surface area contributed by atoms with E-state index in [0.717, 1.165) is 0 Å². The largest absolute Gasteiger partial charge is 0.308 e. The number of hydrogen-bond acceptors (Lipinski definition) is 0. The van der Waals surface area contributed by atoms with Gasteiger partial charge in [-0.25, -0.2) is 0 Å². The molecule has 1 nitrogen and oxygen atoms in total. The lowest BCUT2D eigenvalue weighted by molar-refractivity contribution is 1.18. The molecule has 0 bridgehead atoms. The predicted molar refractivity (Wildman–Crippen MR) is 125 cm³/mol. The Balaban J connectivity index is 1.73. The molecule has 2 heterocycles. The molecule has 1 aromatic heterocycles. The van der Waals surface area contributed by atoms with Crippen molar-refractivity contribution in [2.45, 2.75) is 0 Å². The zero-order chi connectivity index (χ0) is 18.9. The van der Waals surface area contributed by atoms with Crippen LogP contribution in [0.3, 0.4) is 0 Å². The van der Waals surface area contributed by atoms with Crippen LogP contribution in [0.2, 0.25) is 0 Å². The third-order valence-electron chi connectivity index (χ3n) is 6.26. The average Bonchev–Trinajstić information content (AvgIpc) is 2.97. The Morgan fingerprint density at radius 1 is 0.483 bits per heavy atom. The lowest BCUT2D eigenvalue weighted by Gasteiger charge is -2.11. The maximum atomic E-state index is 2.45. The standard InChI is InChI=1S/C28H17N/c1-2-8-21-15-23-17-27-25(16-22(23)14-20(21)7-1)24-10-5-9-19-13-12-18-6-3-4-11-26(18)29(27)28(19)24/h1-17H. The van der Waals surface area contributed by atoms with Crippen molar-refractivity contribution in [1.29, 1.82) is 0 Å². The summed E-state index contributed by atoms with van der Waals surface area (Å²) in [6.07, 6.45) is 4.48. The van der Waals surface area contributed by atoms with Gasteiger partial charge in [0.25, 0.3) is 0 Å². The highest BCUT2D eigenvalue weighted by molar-refractivity contribution is 6.17. The fourth-order valence-corrected chi connectivity index (χ4v) is 4.93. The zero-order valence-corrected chi connectivity index (χ0v) is 15.8. The van der Waals surface area contributed by atoms with Crippen molar-refractivity contribution in [2.75, 3.05) is 0 Å². The maximum absolute atomic E-state index is 2.45. The molecule has 0 amide bonds. The summed E-state index contributed by atoms with van der Waals surface area (Å²) in [5.74, 6) is 0. The molecule has 7 rings (SSSR count). The van der Waals surface area contributed by atoms with E-state index in [4.69, 9.17) is 0 Å². The van der Waals surface area contributed by atoms with Crippen LogP contribution in [-0.4, -0.2) is 4.57 Å². The van der Waals surface area contributed by atoms with Crippen LogP contribution >= 0.6 is 0 Å². The van der Waals surface area contributed by atoms with Crippen LogP contribution in [0.4, 0.5) is 0 Å².